The molecule has 0 unspecified atom stereocenters. The molecule has 0 saturated carbocycles. The summed E-state index contributed by atoms with van der Waals surface area (Å²) in [6.45, 7) is 0. The second kappa shape index (κ2) is 3.70. The quantitative estimate of drug-likeness (QED) is 0.435. The van der Waals surface area contributed by atoms with Crippen LogP contribution in [0.3, 0.4) is 0 Å². The number of hydrogen-bond donors (Lipinski definition) is 0. The van der Waals surface area contributed by atoms with Crippen LogP contribution in [0.1, 0.15) is 0 Å². The second-order valence-corrected chi connectivity index (χ2v) is 0.662. The summed E-state index contributed by atoms with van der Waals surface area (Å²) in [7, 11) is 0. The van der Waals surface area contributed by atoms with Gasteiger partial charge in [0.25, 0.3) is 0 Å². The molecule has 0 rings (SSSR count). The van der Waals surface area contributed by atoms with Crippen molar-refractivity contribution in [2.45, 2.75) is 0 Å². The van der Waals surface area contributed by atoms with Crippen LogP contribution in [-0.4, -0.2) is 6.29 Å². The van der Waals surface area contributed by atoms with Gasteiger partial charge in [0.2, 0.25) is 6.29 Å². The van der Waals surface area contributed by atoms with E-state index < -0.39 is 0 Å². The number of halogens is 1. The Kier molecular flexibility index (Phi) is 3.48. The summed E-state index contributed by atoms with van der Waals surface area (Å²) >= 11 is 4.86. The maximum absolute atomic E-state index is 9.11. The van der Waals surface area contributed by atoms with E-state index in [1.165, 1.54) is 6.29 Å². The molecule has 0 fully saturated rings. The van der Waals surface area contributed by atoms with Gasteiger partial charge in [-0.3, -0.25) is 4.79 Å². The number of carbonyl (C=O) groups excluding carboxylic acids is 1. The van der Waals surface area contributed by atoms with Crippen molar-refractivity contribution in [3.63, 3.8) is 0 Å². The van der Waals surface area contributed by atoms with Gasteiger partial charge >= 0.3 is 0 Å². The zero-order valence-electron chi connectivity index (χ0n) is 2.44. The van der Waals surface area contributed by atoms with Gasteiger partial charge in [-0.15, -0.1) is 0 Å². The molecule has 0 aromatic rings. The Morgan fingerprint density at radius 2 is 2.40 bits per heavy atom. The van der Waals surface area contributed by atoms with Crippen LogP contribution in [0.4, 0.5) is 0 Å². The number of hydrogen-bond acceptors (Lipinski definition) is 1. The molecule has 0 atom stereocenters. The van der Waals surface area contributed by atoms with Crippen LogP contribution in [0.15, 0.2) is 11.6 Å². The highest BCUT2D eigenvalue weighted by Gasteiger charge is 1.53. The van der Waals surface area contributed by atoms with Gasteiger partial charge < -0.3 is 0 Å². The summed E-state index contributed by atoms with van der Waals surface area (Å²) in [5.74, 6) is 0. The van der Waals surface area contributed by atoms with Gasteiger partial charge in [-0.25, -0.2) is 0 Å². The molecule has 0 aliphatic carbocycles. The lowest BCUT2D eigenvalue weighted by Gasteiger charge is -1.46. The SMILES string of the molecule is O=[C]/C=C\Cl. The highest BCUT2D eigenvalue weighted by molar-refractivity contribution is 6.26. The summed E-state index contributed by atoms with van der Waals surface area (Å²) in [5, 5.41) is 0. The van der Waals surface area contributed by atoms with Crippen LogP contribution in [0, 0.1) is 0 Å². The van der Waals surface area contributed by atoms with Crippen molar-refractivity contribution in [1.29, 1.82) is 0 Å². The van der Waals surface area contributed by atoms with Crippen molar-refractivity contribution < 1.29 is 4.79 Å². The second-order valence-electron chi connectivity index (χ2n) is 0.411. The average molecular weight is 89.5 g/mol. The summed E-state index contributed by atoms with van der Waals surface area (Å²) < 4.78 is 0. The fourth-order valence-electron chi connectivity index (χ4n) is 0.0257. The molecule has 0 bridgehead atoms. The molecule has 27 valence electrons. The van der Waals surface area contributed by atoms with E-state index >= 15 is 0 Å². The summed E-state index contributed by atoms with van der Waals surface area (Å²) in [5.41, 5.74) is 1.10. The summed E-state index contributed by atoms with van der Waals surface area (Å²) in [6.07, 6.45) is 2.54. The van der Waals surface area contributed by atoms with Crippen molar-refractivity contribution in [3.05, 3.63) is 11.6 Å². The first-order valence-electron chi connectivity index (χ1n) is 1.04. The highest BCUT2D eigenvalue weighted by Crippen LogP contribution is 1.69. The van der Waals surface area contributed by atoms with E-state index in [9.17, 15) is 0 Å². The van der Waals surface area contributed by atoms with Gasteiger partial charge in [-0.1, -0.05) is 11.6 Å². The van der Waals surface area contributed by atoms with Crippen molar-refractivity contribution >= 4 is 17.9 Å². The van der Waals surface area contributed by atoms with Crippen LogP contribution in [0.25, 0.3) is 0 Å². The molecule has 1 radical (unpaired) electrons. The van der Waals surface area contributed by atoms with Gasteiger partial charge in [-0.05, 0) is 0 Å². The smallest absolute Gasteiger partial charge is 0.226 e. The van der Waals surface area contributed by atoms with E-state index in [0.717, 1.165) is 11.6 Å². The van der Waals surface area contributed by atoms with Crippen molar-refractivity contribution in [2.24, 2.45) is 0 Å². The zero-order chi connectivity index (χ0) is 4.12. The Balaban J connectivity index is 2.92. The van der Waals surface area contributed by atoms with E-state index in [4.69, 9.17) is 16.4 Å². The van der Waals surface area contributed by atoms with Crippen LogP contribution >= 0.6 is 11.6 Å². The minimum atomic E-state index is 1.08. The maximum Gasteiger partial charge on any atom is 0.226 e. The van der Waals surface area contributed by atoms with E-state index in [-0.39, 0.29) is 0 Å². The van der Waals surface area contributed by atoms with Crippen LogP contribution in [0.5, 0.6) is 0 Å². The molecule has 0 aliphatic heterocycles. The fourth-order valence-corrected chi connectivity index (χ4v) is 0.0772. The van der Waals surface area contributed by atoms with E-state index in [1.54, 1.807) is 0 Å². The minimum Gasteiger partial charge on any atom is -0.286 e. The van der Waals surface area contributed by atoms with Gasteiger partial charge in [-0.2, -0.15) is 0 Å². The lowest BCUT2D eigenvalue weighted by Crippen LogP contribution is -1.48. The molecule has 2 heteroatoms. The maximum atomic E-state index is 9.11. The Labute approximate surface area is 35.2 Å². The predicted molar refractivity (Wildman–Crippen MR) is 20.7 cm³/mol. The largest absolute Gasteiger partial charge is 0.286 e. The lowest BCUT2D eigenvalue weighted by molar-refractivity contribution is 0.564. The standard InChI is InChI=1S/C3H2ClO/c4-2-1-3-5/h1-2H/b2-1-. The molecular weight excluding hydrogens is 87.5 g/mol. The molecule has 0 amide bonds. The molecule has 0 N–H and O–H groups in total. The van der Waals surface area contributed by atoms with Gasteiger partial charge in [0.1, 0.15) is 0 Å². The third kappa shape index (κ3) is 3.70. The summed E-state index contributed by atoms with van der Waals surface area (Å²) in [4.78, 5) is 9.11. The molecule has 0 aliphatic rings. The van der Waals surface area contributed by atoms with Gasteiger partial charge in [0, 0.05) is 11.6 Å². The van der Waals surface area contributed by atoms with Crippen LogP contribution in [0.2, 0.25) is 0 Å². The monoisotopic (exact) mass is 89.0 g/mol. The molecular formula is C3H2ClO. The molecule has 1 nitrogen and oxygen atoms in total. The zero-order valence-corrected chi connectivity index (χ0v) is 3.20. The predicted octanol–water partition coefficient (Wildman–Crippen LogP) is 0.849. The van der Waals surface area contributed by atoms with Crippen LogP contribution in [-0.2, 0) is 4.79 Å². The molecule has 0 saturated heterocycles. The first kappa shape index (κ1) is 4.70. The first-order chi connectivity index (χ1) is 2.41. The minimum absolute atomic E-state index is 1.08. The molecule has 0 spiro atoms. The lowest BCUT2D eigenvalue weighted by atomic mass is 10.7. The molecule has 0 aromatic heterocycles. The highest BCUT2D eigenvalue weighted by atomic mass is 35.5. The molecule has 5 heavy (non-hydrogen) atoms. The third-order valence-electron chi connectivity index (χ3n) is 0.131. The third-order valence-corrected chi connectivity index (χ3v) is 0.257. The van der Waals surface area contributed by atoms with Crippen molar-refractivity contribution in [1.82, 2.24) is 0 Å². The van der Waals surface area contributed by atoms with Crippen LogP contribution < -0.4 is 0 Å². The fraction of sp³-hybridized carbons (Fsp3) is 0. The van der Waals surface area contributed by atoms with Gasteiger partial charge in [0.15, 0.2) is 0 Å². The Morgan fingerprint density at radius 1 is 1.80 bits per heavy atom. The first-order valence-corrected chi connectivity index (χ1v) is 1.48. The van der Waals surface area contributed by atoms with E-state index in [0.29, 0.717) is 0 Å². The Morgan fingerprint density at radius 3 is 2.40 bits per heavy atom. The topological polar surface area (TPSA) is 17.1 Å². The number of rotatable bonds is 1. The van der Waals surface area contributed by atoms with E-state index in [1.807, 2.05) is 0 Å². The van der Waals surface area contributed by atoms with Crippen molar-refractivity contribution in [3.8, 4) is 0 Å². The number of allylic oxidation sites excluding steroid dienone is 1. The normalized spacial score (nSPS) is 9.00. The summed E-state index contributed by atoms with van der Waals surface area (Å²) in [6, 6.07) is 0. The van der Waals surface area contributed by atoms with Crippen molar-refractivity contribution in [2.75, 3.05) is 0 Å². The molecule has 0 aromatic carbocycles. The Hall–Kier alpha value is -0.300. The average Bonchev–Trinajstić information content (AvgIpc) is 1.41. The van der Waals surface area contributed by atoms with Gasteiger partial charge in [0.05, 0.1) is 0 Å². The van der Waals surface area contributed by atoms with E-state index in [2.05, 4.69) is 0 Å². The Bertz CT molecular complexity index is 48.9. The molecule has 0 heterocycles.